The van der Waals surface area contributed by atoms with Crippen molar-refractivity contribution in [3.05, 3.63) is 36.0 Å². The van der Waals surface area contributed by atoms with Crippen LogP contribution in [0.1, 0.15) is 17.3 Å². The number of thioether (sulfide) groups is 1. The van der Waals surface area contributed by atoms with Crippen molar-refractivity contribution in [2.45, 2.75) is 6.92 Å². The van der Waals surface area contributed by atoms with Gasteiger partial charge in [-0.3, -0.25) is 0 Å². The summed E-state index contributed by atoms with van der Waals surface area (Å²) in [7, 11) is 1.63. The third-order valence-electron chi connectivity index (χ3n) is 3.92. The van der Waals surface area contributed by atoms with Gasteiger partial charge in [-0.25, -0.2) is 14.8 Å². The lowest BCUT2D eigenvalue weighted by Gasteiger charge is -2.28. The number of rotatable bonds is 5. The van der Waals surface area contributed by atoms with E-state index in [-0.39, 0.29) is 5.97 Å². The molecule has 0 aliphatic carbocycles. The zero-order valence-electron chi connectivity index (χ0n) is 14.4. The maximum atomic E-state index is 12.3. The molecule has 0 bridgehead atoms. The van der Waals surface area contributed by atoms with Crippen LogP contribution in [0.4, 0.5) is 5.82 Å². The molecule has 0 N–H and O–H groups in total. The molecule has 0 amide bonds. The lowest BCUT2D eigenvalue weighted by Crippen LogP contribution is -2.34. The van der Waals surface area contributed by atoms with Crippen LogP contribution in [-0.2, 0) is 4.74 Å². The summed E-state index contributed by atoms with van der Waals surface area (Å²) < 4.78 is 10.4. The molecule has 0 radical (unpaired) electrons. The van der Waals surface area contributed by atoms with Gasteiger partial charge >= 0.3 is 5.97 Å². The van der Waals surface area contributed by atoms with Crippen LogP contribution < -0.4 is 9.64 Å². The number of anilines is 1. The fourth-order valence-electron chi connectivity index (χ4n) is 2.62. The van der Waals surface area contributed by atoms with Crippen LogP contribution in [0.25, 0.3) is 11.4 Å². The molecule has 3 rings (SSSR count). The molecule has 0 spiro atoms. The summed E-state index contributed by atoms with van der Waals surface area (Å²) in [6.45, 7) is 3.84. The molecule has 6 nitrogen and oxygen atoms in total. The molecule has 0 atom stereocenters. The van der Waals surface area contributed by atoms with E-state index in [1.54, 1.807) is 20.2 Å². The monoisotopic (exact) mass is 359 g/mol. The van der Waals surface area contributed by atoms with Crippen LogP contribution in [0.5, 0.6) is 5.75 Å². The molecule has 7 heteroatoms. The maximum absolute atomic E-state index is 12.3. The average Bonchev–Trinajstić information content (AvgIpc) is 2.68. The van der Waals surface area contributed by atoms with Crippen LogP contribution in [0.3, 0.4) is 0 Å². The molecule has 2 heterocycles. The molecule has 0 saturated carbocycles. The predicted molar refractivity (Wildman–Crippen MR) is 99.5 cm³/mol. The van der Waals surface area contributed by atoms with Gasteiger partial charge in [0.2, 0.25) is 0 Å². The second-order valence-corrected chi connectivity index (χ2v) is 6.70. The molecule has 25 heavy (non-hydrogen) atoms. The Morgan fingerprint density at radius 3 is 2.60 bits per heavy atom. The Bertz CT molecular complexity index is 731. The molecule has 1 aromatic heterocycles. The smallest absolute Gasteiger partial charge is 0.343 e. The van der Waals surface area contributed by atoms with Gasteiger partial charge in [-0.2, -0.15) is 11.8 Å². The highest BCUT2D eigenvalue weighted by Crippen LogP contribution is 2.26. The third-order valence-corrected chi connectivity index (χ3v) is 4.87. The van der Waals surface area contributed by atoms with Crippen molar-refractivity contribution in [1.82, 2.24) is 9.97 Å². The first-order chi connectivity index (χ1) is 12.2. The summed E-state index contributed by atoms with van der Waals surface area (Å²) in [4.78, 5) is 23.5. The Labute approximate surface area is 151 Å². The minimum atomic E-state index is -0.378. The van der Waals surface area contributed by atoms with Crippen molar-refractivity contribution >= 4 is 23.5 Å². The zero-order chi connectivity index (χ0) is 17.6. The average molecular weight is 359 g/mol. The molecule has 1 aliphatic rings. The van der Waals surface area contributed by atoms with Crippen molar-refractivity contribution < 1.29 is 14.3 Å². The van der Waals surface area contributed by atoms with Gasteiger partial charge in [-0.15, -0.1) is 0 Å². The van der Waals surface area contributed by atoms with Crippen molar-refractivity contribution in [1.29, 1.82) is 0 Å². The van der Waals surface area contributed by atoms with Gasteiger partial charge in [-0.05, 0) is 31.2 Å². The number of methoxy groups -OCH3 is 1. The molecular formula is C18H21N3O3S. The zero-order valence-corrected chi connectivity index (χ0v) is 15.2. The summed E-state index contributed by atoms with van der Waals surface area (Å²) in [5.74, 6) is 3.68. The van der Waals surface area contributed by atoms with E-state index in [0.29, 0.717) is 23.8 Å². The van der Waals surface area contributed by atoms with Crippen LogP contribution in [0.15, 0.2) is 30.5 Å². The first-order valence-corrected chi connectivity index (χ1v) is 9.39. The number of aromatic nitrogens is 2. The number of esters is 1. The fourth-order valence-corrected chi connectivity index (χ4v) is 3.52. The van der Waals surface area contributed by atoms with E-state index in [4.69, 9.17) is 9.47 Å². The van der Waals surface area contributed by atoms with Crippen molar-refractivity contribution in [3.63, 3.8) is 0 Å². The Kier molecular flexibility index (Phi) is 5.75. The fraction of sp³-hybridized carbons (Fsp3) is 0.389. The second kappa shape index (κ2) is 8.20. The van der Waals surface area contributed by atoms with E-state index >= 15 is 0 Å². The number of hydrogen-bond donors (Lipinski definition) is 0. The highest BCUT2D eigenvalue weighted by atomic mass is 32.2. The topological polar surface area (TPSA) is 64.5 Å². The molecular weight excluding hydrogens is 338 g/mol. The van der Waals surface area contributed by atoms with Crippen molar-refractivity contribution in [2.24, 2.45) is 0 Å². The lowest BCUT2D eigenvalue weighted by molar-refractivity contribution is 0.0526. The van der Waals surface area contributed by atoms with Gasteiger partial charge in [0.1, 0.15) is 17.1 Å². The minimum Gasteiger partial charge on any atom is -0.497 e. The summed E-state index contributed by atoms with van der Waals surface area (Å²) >= 11 is 1.91. The highest BCUT2D eigenvalue weighted by Gasteiger charge is 2.22. The van der Waals surface area contributed by atoms with Gasteiger partial charge < -0.3 is 14.4 Å². The number of ether oxygens (including phenoxy) is 2. The number of hydrogen-bond acceptors (Lipinski definition) is 7. The Morgan fingerprint density at radius 2 is 1.96 bits per heavy atom. The lowest BCUT2D eigenvalue weighted by atomic mass is 10.2. The molecule has 0 unspecified atom stereocenters. The van der Waals surface area contributed by atoms with Gasteiger partial charge in [0, 0.05) is 36.4 Å². The third kappa shape index (κ3) is 4.04. The molecule has 1 aliphatic heterocycles. The standard InChI is InChI=1S/C18H21N3O3S/c1-3-24-18(22)15-12-19-16(13-4-6-14(23-2)7-5-13)20-17(15)21-8-10-25-11-9-21/h4-7,12H,3,8-11H2,1-2H3. The van der Waals surface area contributed by atoms with Crippen LogP contribution in [-0.4, -0.2) is 54.2 Å². The normalized spacial score (nSPS) is 14.2. The maximum Gasteiger partial charge on any atom is 0.343 e. The largest absolute Gasteiger partial charge is 0.497 e. The van der Waals surface area contributed by atoms with Crippen molar-refractivity contribution in [3.8, 4) is 17.1 Å². The summed E-state index contributed by atoms with van der Waals surface area (Å²) in [6, 6.07) is 7.56. The van der Waals surface area contributed by atoms with Crippen LogP contribution in [0.2, 0.25) is 0 Å². The van der Waals surface area contributed by atoms with Crippen LogP contribution >= 0.6 is 11.8 Å². The van der Waals surface area contributed by atoms with E-state index < -0.39 is 0 Å². The number of nitrogens with zero attached hydrogens (tertiary/aromatic N) is 3. The Balaban J connectivity index is 1.98. The first-order valence-electron chi connectivity index (χ1n) is 8.24. The molecule has 1 saturated heterocycles. The van der Waals surface area contributed by atoms with Gasteiger partial charge in [0.25, 0.3) is 0 Å². The quantitative estimate of drug-likeness (QED) is 0.761. The number of carbonyl (C=O) groups excluding carboxylic acids is 1. The Hall–Kier alpha value is -2.28. The number of benzene rings is 1. The second-order valence-electron chi connectivity index (χ2n) is 5.48. The minimum absolute atomic E-state index is 0.328. The number of carbonyl (C=O) groups is 1. The van der Waals surface area contributed by atoms with Gasteiger partial charge in [-0.1, -0.05) is 0 Å². The SMILES string of the molecule is CCOC(=O)c1cnc(-c2ccc(OC)cc2)nc1N1CCSCC1. The first kappa shape index (κ1) is 17.5. The predicted octanol–water partition coefficient (Wildman–Crippen LogP) is 2.88. The van der Waals surface area contributed by atoms with Gasteiger partial charge in [0.15, 0.2) is 5.82 Å². The Morgan fingerprint density at radius 1 is 1.24 bits per heavy atom. The summed E-state index contributed by atoms with van der Waals surface area (Å²) in [5.41, 5.74) is 1.30. The molecule has 1 aromatic carbocycles. The van der Waals surface area contributed by atoms with Crippen LogP contribution in [0, 0.1) is 0 Å². The summed E-state index contributed by atoms with van der Waals surface area (Å²) in [5, 5.41) is 0. The summed E-state index contributed by atoms with van der Waals surface area (Å²) in [6.07, 6.45) is 1.57. The van der Waals surface area contributed by atoms with Gasteiger partial charge in [0.05, 0.1) is 13.7 Å². The van der Waals surface area contributed by atoms with Crippen molar-refractivity contribution in [2.75, 3.05) is 43.2 Å². The van der Waals surface area contributed by atoms with E-state index in [2.05, 4.69) is 14.9 Å². The van der Waals surface area contributed by atoms with E-state index in [9.17, 15) is 4.79 Å². The molecule has 2 aromatic rings. The molecule has 132 valence electrons. The molecule has 1 fully saturated rings. The highest BCUT2D eigenvalue weighted by molar-refractivity contribution is 7.99. The van der Waals surface area contributed by atoms with E-state index in [1.807, 2.05) is 36.0 Å². The van der Waals surface area contributed by atoms with E-state index in [0.717, 1.165) is 35.9 Å². The van der Waals surface area contributed by atoms with E-state index in [1.165, 1.54) is 0 Å².